The van der Waals surface area contributed by atoms with E-state index in [9.17, 15) is 26.4 Å². The molecule has 2 aliphatic rings. The Balaban J connectivity index is 1.51. The number of pyridine rings is 1. The summed E-state index contributed by atoms with van der Waals surface area (Å²) >= 11 is 12.7. The number of carbonyl (C=O) groups excluding carboxylic acids is 1. The van der Waals surface area contributed by atoms with Crippen molar-refractivity contribution in [2.24, 2.45) is 0 Å². The maximum absolute atomic E-state index is 14.6. The van der Waals surface area contributed by atoms with Crippen molar-refractivity contribution < 1.29 is 31.1 Å². The van der Waals surface area contributed by atoms with Gasteiger partial charge >= 0.3 is 6.18 Å². The van der Waals surface area contributed by atoms with Crippen molar-refractivity contribution in [2.75, 3.05) is 45.6 Å². The summed E-state index contributed by atoms with van der Waals surface area (Å²) in [5, 5.41) is 2.83. The summed E-state index contributed by atoms with van der Waals surface area (Å²) in [5.74, 6) is -1.01. The highest BCUT2D eigenvalue weighted by molar-refractivity contribution is 7.91. The van der Waals surface area contributed by atoms with Gasteiger partial charge in [0.1, 0.15) is 0 Å². The number of amides is 1. The molecule has 4 aromatic rings. The number of piperidine rings is 1. The highest BCUT2D eigenvalue weighted by atomic mass is 35.5. The number of nitrogens with one attached hydrogen (secondary N) is 1. The van der Waals surface area contributed by atoms with E-state index >= 15 is 0 Å². The molecule has 1 aromatic heterocycles. The SMILES string of the molecule is CS(=O)(=O)c1cccc2c(C(=O)N[C@H](c3ccccc3)C(F)(F)F)c(CN3CCC(N4CCOCC4)CC3)c(-c3ccc(Cl)c(Cl)c3)nc12. The van der Waals surface area contributed by atoms with Crippen LogP contribution >= 0.6 is 23.2 Å². The molecule has 0 spiro atoms. The predicted molar refractivity (Wildman–Crippen MR) is 184 cm³/mol. The van der Waals surface area contributed by atoms with Crippen LogP contribution in [-0.2, 0) is 21.1 Å². The third-order valence-electron chi connectivity index (χ3n) is 9.14. The van der Waals surface area contributed by atoms with Gasteiger partial charge in [0.25, 0.3) is 5.91 Å². The van der Waals surface area contributed by atoms with Gasteiger partial charge in [-0.25, -0.2) is 13.4 Å². The third-order valence-corrected chi connectivity index (χ3v) is 11.0. The smallest absolute Gasteiger partial charge is 0.379 e. The molecular formula is C35H35Cl2F3N4O4S. The van der Waals surface area contributed by atoms with E-state index in [0.717, 1.165) is 32.2 Å². The minimum Gasteiger partial charge on any atom is -0.379 e. The molecule has 260 valence electrons. The van der Waals surface area contributed by atoms with Crippen molar-refractivity contribution in [1.82, 2.24) is 20.1 Å². The highest BCUT2D eigenvalue weighted by Crippen LogP contribution is 2.38. The fourth-order valence-corrected chi connectivity index (χ4v) is 7.84. The van der Waals surface area contributed by atoms with Gasteiger partial charge in [-0.05, 0) is 49.7 Å². The number of halogens is 5. The van der Waals surface area contributed by atoms with Gasteiger partial charge in [0.05, 0.1) is 44.9 Å². The number of nitrogens with zero attached hydrogens (tertiary/aromatic N) is 3. The summed E-state index contributed by atoms with van der Waals surface area (Å²) in [7, 11) is -3.88. The fourth-order valence-electron chi connectivity index (χ4n) is 6.71. The van der Waals surface area contributed by atoms with Gasteiger partial charge < -0.3 is 10.1 Å². The maximum Gasteiger partial charge on any atom is 0.412 e. The Morgan fingerprint density at radius 2 is 1.67 bits per heavy atom. The lowest BCUT2D eigenvalue weighted by Crippen LogP contribution is -2.48. The van der Waals surface area contributed by atoms with Crippen LogP contribution in [-0.4, -0.2) is 87.0 Å². The Hall–Kier alpha value is -3.26. The second kappa shape index (κ2) is 14.5. The molecule has 0 saturated carbocycles. The van der Waals surface area contributed by atoms with Gasteiger partial charge in [-0.1, -0.05) is 71.7 Å². The number of sulfone groups is 1. The van der Waals surface area contributed by atoms with Crippen molar-refractivity contribution >= 4 is 49.8 Å². The zero-order chi connectivity index (χ0) is 34.9. The van der Waals surface area contributed by atoms with E-state index in [1.807, 2.05) is 0 Å². The summed E-state index contributed by atoms with van der Waals surface area (Å²) in [4.78, 5) is 23.7. The fraction of sp³-hybridized carbons (Fsp3) is 0.371. The second-order valence-corrected chi connectivity index (χ2v) is 15.2. The molecule has 6 rings (SSSR count). The lowest BCUT2D eigenvalue weighted by Gasteiger charge is -2.40. The van der Waals surface area contributed by atoms with E-state index in [1.54, 1.807) is 24.3 Å². The number of benzene rings is 3. The quantitative estimate of drug-likeness (QED) is 0.210. The number of alkyl halides is 3. The van der Waals surface area contributed by atoms with Crippen LogP contribution in [0.3, 0.4) is 0 Å². The number of hydrogen-bond donors (Lipinski definition) is 1. The predicted octanol–water partition coefficient (Wildman–Crippen LogP) is 6.94. The zero-order valence-corrected chi connectivity index (χ0v) is 29.0. The number of carbonyl (C=O) groups is 1. The monoisotopic (exact) mass is 734 g/mol. The van der Waals surface area contributed by atoms with Crippen LogP contribution in [0.1, 0.15) is 40.4 Å². The van der Waals surface area contributed by atoms with Gasteiger partial charge in [0.15, 0.2) is 15.9 Å². The molecule has 1 N–H and O–H groups in total. The van der Waals surface area contributed by atoms with Gasteiger partial charge in [-0.2, -0.15) is 13.2 Å². The first-order chi connectivity index (χ1) is 23.3. The molecule has 3 aromatic carbocycles. The van der Waals surface area contributed by atoms with Crippen LogP contribution in [0, 0.1) is 0 Å². The number of aromatic nitrogens is 1. The Bertz CT molecular complexity index is 1950. The number of morpholine rings is 1. The second-order valence-electron chi connectivity index (χ2n) is 12.4. The van der Waals surface area contributed by atoms with Crippen LogP contribution in [0.25, 0.3) is 22.2 Å². The molecule has 3 heterocycles. The van der Waals surface area contributed by atoms with Gasteiger partial charge in [-0.3, -0.25) is 14.6 Å². The first-order valence-electron chi connectivity index (χ1n) is 15.9. The molecule has 0 radical (unpaired) electrons. The van der Waals surface area contributed by atoms with Crippen LogP contribution in [0.2, 0.25) is 10.0 Å². The zero-order valence-electron chi connectivity index (χ0n) is 26.6. The van der Waals surface area contributed by atoms with Crippen molar-refractivity contribution in [3.63, 3.8) is 0 Å². The van der Waals surface area contributed by atoms with Crippen LogP contribution in [0.15, 0.2) is 71.6 Å². The van der Waals surface area contributed by atoms with Crippen molar-refractivity contribution in [1.29, 1.82) is 0 Å². The van der Waals surface area contributed by atoms with Crippen molar-refractivity contribution in [2.45, 2.75) is 42.5 Å². The summed E-state index contributed by atoms with van der Waals surface area (Å²) in [6, 6.07) is 14.3. The van der Waals surface area contributed by atoms with E-state index in [0.29, 0.717) is 43.5 Å². The Labute approximate surface area is 293 Å². The molecule has 0 aliphatic carbocycles. The van der Waals surface area contributed by atoms with E-state index < -0.39 is 28.0 Å². The number of para-hydroxylation sites is 1. The molecule has 1 atom stereocenters. The van der Waals surface area contributed by atoms with Crippen LogP contribution < -0.4 is 5.32 Å². The first kappa shape index (κ1) is 35.6. The largest absolute Gasteiger partial charge is 0.412 e. The van der Waals surface area contributed by atoms with Gasteiger partial charge in [0.2, 0.25) is 0 Å². The Kier molecular flexibility index (Phi) is 10.5. The maximum atomic E-state index is 14.6. The molecule has 2 aliphatic heterocycles. The number of likely N-dealkylation sites (tertiary alicyclic amines) is 1. The van der Waals surface area contributed by atoms with Crippen LogP contribution in [0.5, 0.6) is 0 Å². The average Bonchev–Trinajstić information content (AvgIpc) is 3.08. The van der Waals surface area contributed by atoms with E-state index in [4.69, 9.17) is 32.9 Å². The molecule has 0 bridgehead atoms. The van der Waals surface area contributed by atoms with Gasteiger partial charge in [0, 0.05) is 48.4 Å². The molecule has 14 heteroatoms. The normalized spacial score (nSPS) is 17.7. The average molecular weight is 736 g/mol. The Morgan fingerprint density at radius 3 is 2.31 bits per heavy atom. The summed E-state index contributed by atoms with van der Waals surface area (Å²) in [6.07, 6.45) is -2.10. The van der Waals surface area contributed by atoms with Crippen molar-refractivity contribution in [3.05, 3.63) is 93.5 Å². The molecule has 2 saturated heterocycles. The number of rotatable bonds is 8. The Morgan fingerprint density at radius 1 is 0.980 bits per heavy atom. The van der Waals surface area contributed by atoms with E-state index in [1.165, 1.54) is 42.5 Å². The molecular weight excluding hydrogens is 700 g/mol. The van der Waals surface area contributed by atoms with Crippen molar-refractivity contribution in [3.8, 4) is 11.3 Å². The first-order valence-corrected chi connectivity index (χ1v) is 18.5. The van der Waals surface area contributed by atoms with E-state index in [2.05, 4.69) is 15.1 Å². The molecule has 0 unspecified atom stereocenters. The molecule has 8 nitrogen and oxygen atoms in total. The summed E-state index contributed by atoms with van der Waals surface area (Å²) in [6.45, 7) is 4.59. The van der Waals surface area contributed by atoms with Crippen LogP contribution in [0.4, 0.5) is 13.2 Å². The summed E-state index contributed by atoms with van der Waals surface area (Å²) < 4.78 is 75.1. The number of ether oxygens (including phenoxy) is 1. The lowest BCUT2D eigenvalue weighted by molar-refractivity contribution is -0.155. The minimum absolute atomic E-state index is 0.0331. The lowest BCUT2D eigenvalue weighted by atomic mass is 9.94. The highest BCUT2D eigenvalue weighted by Gasteiger charge is 2.42. The van der Waals surface area contributed by atoms with Gasteiger partial charge in [-0.15, -0.1) is 0 Å². The summed E-state index contributed by atoms with van der Waals surface area (Å²) in [5.41, 5.74) is 0.752. The minimum atomic E-state index is -4.83. The molecule has 2 fully saturated rings. The number of hydrogen-bond acceptors (Lipinski definition) is 7. The third kappa shape index (κ3) is 7.90. The molecule has 1 amide bonds. The topological polar surface area (TPSA) is 91.8 Å². The number of fused-ring (bicyclic) bond motifs is 1. The molecule has 49 heavy (non-hydrogen) atoms. The standard InChI is InChI=1S/C35H35Cl2F3N4O4S/c1-49(46,47)29-9-5-8-25-30(34(45)42-33(35(38,39)40)22-6-3-2-4-7-22)26(31(41-32(25)29)23-10-11-27(36)28(37)20-23)21-43-14-12-24(13-15-43)44-16-18-48-19-17-44/h2-11,20,24,33H,12-19,21H2,1H3,(H,42,45)/t33-/m1/s1. The van der Waals surface area contributed by atoms with E-state index in [-0.39, 0.29) is 49.2 Å².